The Morgan fingerprint density at radius 3 is 3.05 bits per heavy atom. The summed E-state index contributed by atoms with van der Waals surface area (Å²) in [6, 6.07) is 6.07. The molecule has 0 aromatic carbocycles. The van der Waals surface area contributed by atoms with Gasteiger partial charge in [0.05, 0.1) is 0 Å². The number of carbonyl (C=O) groups excluding carboxylic acids is 1. The number of hydrogen-bond acceptors (Lipinski definition) is 4. The maximum atomic E-state index is 12.3. The molecular formula is C15H16N2OS2. The van der Waals surface area contributed by atoms with Crippen LogP contribution in [0.5, 0.6) is 0 Å². The fourth-order valence-corrected chi connectivity index (χ4v) is 4.85. The van der Waals surface area contributed by atoms with Crippen molar-refractivity contribution in [3.8, 4) is 0 Å². The SMILES string of the molecule is Cc1ccsc1C1SCCC(=O)N1Cc1cccnc1. The second kappa shape index (κ2) is 5.97. The number of amides is 1. The van der Waals surface area contributed by atoms with Crippen molar-refractivity contribution < 1.29 is 4.79 Å². The Kier molecular flexibility index (Phi) is 4.08. The zero-order valence-electron chi connectivity index (χ0n) is 11.3. The van der Waals surface area contributed by atoms with E-state index in [1.165, 1.54) is 10.4 Å². The Labute approximate surface area is 127 Å². The summed E-state index contributed by atoms with van der Waals surface area (Å²) in [6.45, 7) is 2.76. The van der Waals surface area contributed by atoms with Gasteiger partial charge in [0.25, 0.3) is 0 Å². The second-order valence-corrected chi connectivity index (χ2v) is 6.96. The van der Waals surface area contributed by atoms with Gasteiger partial charge in [0, 0.05) is 36.0 Å². The highest BCUT2D eigenvalue weighted by atomic mass is 32.2. The molecule has 0 saturated carbocycles. The maximum Gasteiger partial charge on any atom is 0.224 e. The number of thiophene rings is 1. The summed E-state index contributed by atoms with van der Waals surface area (Å²) >= 11 is 3.60. The van der Waals surface area contributed by atoms with Crippen LogP contribution in [-0.2, 0) is 11.3 Å². The van der Waals surface area contributed by atoms with Gasteiger partial charge in [-0.15, -0.1) is 23.1 Å². The van der Waals surface area contributed by atoms with Crippen molar-refractivity contribution in [1.82, 2.24) is 9.88 Å². The molecule has 0 bridgehead atoms. The van der Waals surface area contributed by atoms with Crippen LogP contribution in [0.2, 0.25) is 0 Å². The monoisotopic (exact) mass is 304 g/mol. The van der Waals surface area contributed by atoms with Crippen molar-refractivity contribution in [3.05, 3.63) is 52.0 Å². The van der Waals surface area contributed by atoms with E-state index in [-0.39, 0.29) is 11.3 Å². The predicted molar refractivity (Wildman–Crippen MR) is 83.7 cm³/mol. The van der Waals surface area contributed by atoms with E-state index in [1.54, 1.807) is 17.5 Å². The standard InChI is InChI=1S/C15H16N2OS2/c1-11-4-7-19-14(11)15-17(13(18)5-8-20-15)10-12-3-2-6-16-9-12/h2-4,6-7,9,15H,5,8,10H2,1H3. The average Bonchev–Trinajstić information content (AvgIpc) is 2.88. The minimum Gasteiger partial charge on any atom is -0.321 e. The molecule has 1 aliphatic rings. The minimum atomic E-state index is 0.149. The molecule has 3 rings (SSSR count). The van der Waals surface area contributed by atoms with Gasteiger partial charge < -0.3 is 4.90 Å². The van der Waals surface area contributed by atoms with E-state index in [0.29, 0.717) is 13.0 Å². The molecule has 1 atom stereocenters. The second-order valence-electron chi connectivity index (χ2n) is 4.82. The number of rotatable bonds is 3. The summed E-state index contributed by atoms with van der Waals surface area (Å²) in [4.78, 5) is 19.7. The average molecular weight is 304 g/mol. The number of aryl methyl sites for hydroxylation is 1. The topological polar surface area (TPSA) is 33.2 Å². The number of pyridine rings is 1. The summed E-state index contributed by atoms with van der Waals surface area (Å²) in [5.74, 6) is 1.15. The van der Waals surface area contributed by atoms with Crippen molar-refractivity contribution in [3.63, 3.8) is 0 Å². The normalized spacial score (nSPS) is 19.4. The Morgan fingerprint density at radius 1 is 1.45 bits per heavy atom. The van der Waals surface area contributed by atoms with E-state index in [0.717, 1.165) is 11.3 Å². The lowest BCUT2D eigenvalue weighted by Gasteiger charge is -2.35. The summed E-state index contributed by atoms with van der Waals surface area (Å²) in [6.07, 6.45) is 4.23. The molecule has 0 aliphatic carbocycles. The highest BCUT2D eigenvalue weighted by molar-refractivity contribution is 7.99. The lowest BCUT2D eigenvalue weighted by atomic mass is 10.2. The van der Waals surface area contributed by atoms with E-state index in [2.05, 4.69) is 23.4 Å². The van der Waals surface area contributed by atoms with Crippen LogP contribution < -0.4 is 0 Å². The largest absolute Gasteiger partial charge is 0.321 e. The molecule has 2 aromatic heterocycles. The smallest absolute Gasteiger partial charge is 0.224 e. The summed E-state index contributed by atoms with van der Waals surface area (Å²) in [5.41, 5.74) is 2.36. The zero-order chi connectivity index (χ0) is 13.9. The number of aromatic nitrogens is 1. The van der Waals surface area contributed by atoms with Crippen molar-refractivity contribution in [1.29, 1.82) is 0 Å². The molecule has 0 N–H and O–H groups in total. The van der Waals surface area contributed by atoms with Gasteiger partial charge in [0.2, 0.25) is 5.91 Å². The van der Waals surface area contributed by atoms with Crippen LogP contribution in [0.4, 0.5) is 0 Å². The highest BCUT2D eigenvalue weighted by Crippen LogP contribution is 2.41. The summed E-state index contributed by atoms with van der Waals surface area (Å²) in [7, 11) is 0. The molecule has 20 heavy (non-hydrogen) atoms. The highest BCUT2D eigenvalue weighted by Gasteiger charge is 2.31. The molecule has 1 amide bonds. The van der Waals surface area contributed by atoms with Gasteiger partial charge >= 0.3 is 0 Å². The van der Waals surface area contributed by atoms with Gasteiger partial charge in [-0.05, 0) is 35.6 Å². The molecule has 5 heteroatoms. The lowest BCUT2D eigenvalue weighted by molar-refractivity contribution is -0.132. The maximum absolute atomic E-state index is 12.3. The van der Waals surface area contributed by atoms with Crippen LogP contribution in [0.1, 0.15) is 27.8 Å². The van der Waals surface area contributed by atoms with Gasteiger partial charge in [0.15, 0.2) is 0 Å². The van der Waals surface area contributed by atoms with Crippen LogP contribution >= 0.6 is 23.1 Å². The van der Waals surface area contributed by atoms with Gasteiger partial charge in [-0.3, -0.25) is 9.78 Å². The third-order valence-electron chi connectivity index (χ3n) is 3.40. The zero-order valence-corrected chi connectivity index (χ0v) is 12.9. The molecule has 0 spiro atoms. The first-order chi connectivity index (χ1) is 9.75. The fourth-order valence-electron chi connectivity index (χ4n) is 2.34. The molecule has 1 aliphatic heterocycles. The molecule has 1 fully saturated rings. The van der Waals surface area contributed by atoms with E-state index < -0.39 is 0 Å². The van der Waals surface area contributed by atoms with Gasteiger partial charge in [-0.1, -0.05) is 6.07 Å². The number of nitrogens with zero attached hydrogens (tertiary/aromatic N) is 2. The van der Waals surface area contributed by atoms with Gasteiger partial charge in [0.1, 0.15) is 5.37 Å². The first-order valence-corrected chi connectivity index (χ1v) is 8.52. The molecule has 104 valence electrons. The van der Waals surface area contributed by atoms with Crippen molar-refractivity contribution in [2.45, 2.75) is 25.3 Å². The van der Waals surface area contributed by atoms with Crippen LogP contribution in [0, 0.1) is 6.92 Å². The molecule has 1 saturated heterocycles. The lowest BCUT2D eigenvalue weighted by Crippen LogP contribution is -2.36. The first-order valence-electron chi connectivity index (χ1n) is 6.59. The third-order valence-corrected chi connectivity index (χ3v) is 5.86. The van der Waals surface area contributed by atoms with E-state index in [9.17, 15) is 4.79 Å². The van der Waals surface area contributed by atoms with Crippen molar-refractivity contribution in [2.75, 3.05) is 5.75 Å². The van der Waals surface area contributed by atoms with Crippen molar-refractivity contribution >= 4 is 29.0 Å². The first kappa shape index (κ1) is 13.6. The quantitative estimate of drug-likeness (QED) is 0.868. The van der Waals surface area contributed by atoms with E-state index >= 15 is 0 Å². The Morgan fingerprint density at radius 2 is 2.35 bits per heavy atom. The van der Waals surface area contributed by atoms with Crippen LogP contribution in [0.3, 0.4) is 0 Å². The third kappa shape index (κ3) is 2.74. The molecule has 2 aromatic rings. The van der Waals surface area contributed by atoms with Gasteiger partial charge in [-0.2, -0.15) is 0 Å². The number of carbonyl (C=O) groups is 1. The molecule has 3 heterocycles. The Balaban J connectivity index is 1.87. The predicted octanol–water partition coefficient (Wildman–Crippen LogP) is 3.62. The summed E-state index contributed by atoms with van der Waals surface area (Å²) < 4.78 is 0. The fraction of sp³-hybridized carbons (Fsp3) is 0.333. The molecule has 1 unspecified atom stereocenters. The Hall–Kier alpha value is -1.33. The van der Waals surface area contributed by atoms with Crippen molar-refractivity contribution in [2.24, 2.45) is 0 Å². The Bertz CT molecular complexity index is 597. The molecule has 0 radical (unpaired) electrons. The number of hydrogen-bond donors (Lipinski definition) is 0. The van der Waals surface area contributed by atoms with Crippen LogP contribution in [-0.4, -0.2) is 21.5 Å². The molecule has 3 nitrogen and oxygen atoms in total. The summed E-state index contributed by atoms with van der Waals surface area (Å²) in [5, 5.41) is 2.25. The van der Waals surface area contributed by atoms with E-state index in [1.807, 2.05) is 35.0 Å². The van der Waals surface area contributed by atoms with E-state index in [4.69, 9.17) is 0 Å². The van der Waals surface area contributed by atoms with Crippen LogP contribution in [0.25, 0.3) is 0 Å². The minimum absolute atomic E-state index is 0.149. The van der Waals surface area contributed by atoms with Gasteiger partial charge in [-0.25, -0.2) is 0 Å². The molecular weight excluding hydrogens is 288 g/mol. The number of thioether (sulfide) groups is 1. The van der Waals surface area contributed by atoms with Crippen LogP contribution in [0.15, 0.2) is 36.0 Å².